The van der Waals surface area contributed by atoms with Crippen molar-refractivity contribution in [3.05, 3.63) is 97.2 Å². The van der Waals surface area contributed by atoms with Gasteiger partial charge in [0.05, 0.1) is 13.2 Å². The number of nitrogens with two attached hydrogens (primary N) is 1. The van der Waals surface area contributed by atoms with Crippen LogP contribution in [0.15, 0.2) is 97.2 Å². The highest BCUT2D eigenvalue weighted by atomic mass is 31.2. The highest BCUT2D eigenvalue weighted by molar-refractivity contribution is 7.47. The average molecular weight is 1180 g/mol. The summed E-state index contributed by atoms with van der Waals surface area (Å²) in [5.74, 6) is -0.819. The highest BCUT2D eigenvalue weighted by Gasteiger charge is 2.26. The van der Waals surface area contributed by atoms with Crippen LogP contribution in [0.1, 0.15) is 322 Å². The maximum atomic E-state index is 12.8. The van der Waals surface area contributed by atoms with Crippen molar-refractivity contribution < 1.29 is 37.6 Å². The van der Waals surface area contributed by atoms with Crippen LogP contribution in [0.3, 0.4) is 0 Å². The molecule has 10 heteroatoms. The third-order valence-electron chi connectivity index (χ3n) is 15.0. The summed E-state index contributed by atoms with van der Waals surface area (Å²) in [6.07, 6.45) is 92.1. The lowest BCUT2D eigenvalue weighted by Gasteiger charge is -2.19. The summed E-state index contributed by atoms with van der Waals surface area (Å²) in [6.45, 7) is 3.67. The smallest absolute Gasteiger partial charge is 0.462 e. The van der Waals surface area contributed by atoms with Gasteiger partial charge >= 0.3 is 19.8 Å². The maximum Gasteiger partial charge on any atom is 0.472 e. The van der Waals surface area contributed by atoms with E-state index in [9.17, 15) is 19.0 Å². The lowest BCUT2D eigenvalue weighted by Crippen LogP contribution is -2.29. The van der Waals surface area contributed by atoms with E-state index >= 15 is 0 Å². The van der Waals surface area contributed by atoms with Crippen molar-refractivity contribution in [3.8, 4) is 0 Å². The molecule has 2 unspecified atom stereocenters. The molecule has 0 aromatic rings. The Labute approximate surface area is 512 Å². The van der Waals surface area contributed by atoms with Gasteiger partial charge in [-0.3, -0.25) is 18.6 Å². The summed E-state index contributed by atoms with van der Waals surface area (Å²) in [5.41, 5.74) is 5.40. The van der Waals surface area contributed by atoms with Gasteiger partial charge in [-0.25, -0.2) is 4.57 Å². The zero-order valence-electron chi connectivity index (χ0n) is 53.9. The van der Waals surface area contributed by atoms with Crippen LogP contribution in [0.25, 0.3) is 0 Å². The quantitative estimate of drug-likeness (QED) is 0.0264. The number of hydrogen-bond acceptors (Lipinski definition) is 8. The van der Waals surface area contributed by atoms with E-state index in [0.29, 0.717) is 6.42 Å². The normalized spacial score (nSPS) is 13.5. The van der Waals surface area contributed by atoms with E-state index in [4.69, 9.17) is 24.3 Å². The first kappa shape index (κ1) is 79.9. The highest BCUT2D eigenvalue weighted by Crippen LogP contribution is 2.43. The number of ether oxygens (including phenoxy) is 2. The fourth-order valence-corrected chi connectivity index (χ4v) is 10.7. The summed E-state index contributed by atoms with van der Waals surface area (Å²) < 4.78 is 33.2. The fourth-order valence-electron chi connectivity index (χ4n) is 9.89. The third-order valence-corrected chi connectivity index (χ3v) is 16.0. The first-order chi connectivity index (χ1) is 40.8. The Balaban J connectivity index is 3.90. The zero-order chi connectivity index (χ0) is 60.1. The van der Waals surface area contributed by atoms with E-state index in [1.165, 1.54) is 199 Å². The molecule has 9 nitrogen and oxygen atoms in total. The third kappa shape index (κ3) is 67.9. The maximum absolute atomic E-state index is 12.8. The van der Waals surface area contributed by atoms with Gasteiger partial charge in [-0.1, -0.05) is 329 Å². The number of esters is 2. The number of allylic oxidation sites excluding steroid dienone is 16. The molecule has 0 fully saturated rings. The fraction of sp³-hybridized carbons (Fsp3) is 0.753. The van der Waals surface area contributed by atoms with Crippen LogP contribution < -0.4 is 5.73 Å². The van der Waals surface area contributed by atoms with Gasteiger partial charge in [-0.15, -0.1) is 0 Å². The van der Waals surface area contributed by atoms with Gasteiger partial charge in [0, 0.05) is 19.4 Å². The molecule has 0 aromatic heterocycles. The average Bonchev–Trinajstić information content (AvgIpc) is 3.49. The molecule has 0 aromatic carbocycles. The van der Waals surface area contributed by atoms with E-state index in [2.05, 4.69) is 111 Å². The van der Waals surface area contributed by atoms with Crippen LogP contribution in [0.5, 0.6) is 0 Å². The summed E-state index contributed by atoms with van der Waals surface area (Å²) in [6, 6.07) is 0. The number of phosphoric acid groups is 1. The van der Waals surface area contributed by atoms with E-state index in [0.717, 1.165) is 89.9 Å². The van der Waals surface area contributed by atoms with Crippen molar-refractivity contribution in [2.24, 2.45) is 5.73 Å². The Morgan fingerprint density at radius 1 is 0.373 bits per heavy atom. The van der Waals surface area contributed by atoms with Crippen LogP contribution in [-0.4, -0.2) is 49.3 Å². The summed E-state index contributed by atoms with van der Waals surface area (Å²) in [4.78, 5) is 35.3. The molecule has 0 rings (SSSR count). The van der Waals surface area contributed by atoms with Crippen LogP contribution in [0.2, 0.25) is 0 Å². The monoisotopic (exact) mass is 1180 g/mol. The standard InChI is InChI=1S/C73H130NO8P/c1-3-5-7-9-11-13-15-17-19-21-23-25-27-29-30-31-32-33-34-35-36-37-38-39-40-42-44-46-48-50-52-54-56-58-60-62-64-66-73(76)82-71(70-81-83(77,78)80-68-67-74)69-79-72(75)65-63-61-59-57-55-53-51-49-47-45-43-41-28-26-24-22-20-18-16-14-12-10-8-6-4-2/h5,7,11,13,17,19,23,25,29-30,32-33,35-36,38-39,71H,3-4,6,8-10,12,14-16,18,20-22,24,26-28,31,34,37,40-70,74H2,1-2H3,(H,77,78)/b7-5-,13-11-,19-17-,25-23-,30-29-,33-32-,36-35-,39-38-. The Bertz CT molecular complexity index is 1680. The Morgan fingerprint density at radius 2 is 0.663 bits per heavy atom. The molecule has 480 valence electrons. The molecule has 0 spiro atoms. The predicted molar refractivity (Wildman–Crippen MR) is 358 cm³/mol. The summed E-state index contributed by atoms with van der Waals surface area (Å²) >= 11 is 0. The van der Waals surface area contributed by atoms with Crippen molar-refractivity contribution in [3.63, 3.8) is 0 Å². The lowest BCUT2D eigenvalue weighted by atomic mass is 10.0. The minimum absolute atomic E-state index is 0.0515. The van der Waals surface area contributed by atoms with Crippen LogP contribution in [0.4, 0.5) is 0 Å². The molecule has 0 aliphatic heterocycles. The SMILES string of the molecule is CC/C=C\C/C=C\C/C=C\C/C=C\C/C=C\C/C=C\C/C=C\C/C=C\CCCCCCCCCCCCCCC(=O)OC(COC(=O)CCCCCCCCCCCCCCCCCCCCCCCCCCC)COP(=O)(O)OCCN. The Hall–Kier alpha value is -3.07. The molecule has 3 N–H and O–H groups in total. The number of hydrogen-bond donors (Lipinski definition) is 2. The van der Waals surface area contributed by atoms with Crippen LogP contribution in [-0.2, 0) is 32.7 Å². The van der Waals surface area contributed by atoms with Gasteiger partial charge in [0.25, 0.3) is 0 Å². The predicted octanol–water partition coefficient (Wildman–Crippen LogP) is 22.7. The largest absolute Gasteiger partial charge is 0.472 e. The number of unbranched alkanes of at least 4 members (excludes halogenated alkanes) is 36. The molecular weight excluding hydrogens is 1050 g/mol. The van der Waals surface area contributed by atoms with E-state index in [-0.39, 0.29) is 38.6 Å². The minimum Gasteiger partial charge on any atom is -0.462 e. The Kier molecular flexibility index (Phi) is 65.5. The second-order valence-corrected chi connectivity index (χ2v) is 24.5. The molecule has 0 saturated carbocycles. The number of carbonyl (C=O) groups is 2. The molecule has 0 amide bonds. The number of rotatable bonds is 65. The van der Waals surface area contributed by atoms with Gasteiger partial charge < -0.3 is 20.1 Å². The lowest BCUT2D eigenvalue weighted by molar-refractivity contribution is -0.161. The van der Waals surface area contributed by atoms with Gasteiger partial charge in [0.15, 0.2) is 6.10 Å². The van der Waals surface area contributed by atoms with Gasteiger partial charge in [-0.2, -0.15) is 0 Å². The molecule has 0 heterocycles. The Morgan fingerprint density at radius 3 is 0.988 bits per heavy atom. The van der Waals surface area contributed by atoms with Crippen molar-refractivity contribution in [2.45, 2.75) is 328 Å². The number of carbonyl (C=O) groups excluding carboxylic acids is 2. The van der Waals surface area contributed by atoms with Crippen LogP contribution in [0, 0.1) is 0 Å². The van der Waals surface area contributed by atoms with Crippen molar-refractivity contribution in [1.29, 1.82) is 0 Å². The molecule has 0 aliphatic carbocycles. The zero-order valence-corrected chi connectivity index (χ0v) is 54.8. The molecule has 0 bridgehead atoms. The van der Waals surface area contributed by atoms with Crippen LogP contribution >= 0.6 is 7.82 Å². The summed E-state index contributed by atoms with van der Waals surface area (Å²) in [7, 11) is -4.40. The first-order valence-electron chi connectivity index (χ1n) is 34.7. The van der Waals surface area contributed by atoms with Gasteiger partial charge in [-0.05, 0) is 77.0 Å². The van der Waals surface area contributed by atoms with Crippen molar-refractivity contribution in [1.82, 2.24) is 0 Å². The van der Waals surface area contributed by atoms with Gasteiger partial charge in [0.1, 0.15) is 6.61 Å². The van der Waals surface area contributed by atoms with Gasteiger partial charge in [0.2, 0.25) is 0 Å². The first-order valence-corrected chi connectivity index (χ1v) is 36.2. The van der Waals surface area contributed by atoms with E-state index in [1.807, 2.05) is 0 Å². The summed E-state index contributed by atoms with van der Waals surface area (Å²) in [5, 5.41) is 0. The molecule has 0 radical (unpaired) electrons. The van der Waals surface area contributed by atoms with Crippen molar-refractivity contribution >= 4 is 19.8 Å². The molecule has 0 saturated heterocycles. The molecule has 0 aliphatic rings. The minimum atomic E-state index is -4.40. The number of phosphoric ester groups is 1. The molecule has 83 heavy (non-hydrogen) atoms. The molecule has 2 atom stereocenters. The van der Waals surface area contributed by atoms with E-state index in [1.54, 1.807) is 0 Å². The second kappa shape index (κ2) is 68.0. The topological polar surface area (TPSA) is 134 Å². The second-order valence-electron chi connectivity index (χ2n) is 23.0. The van der Waals surface area contributed by atoms with Crippen molar-refractivity contribution in [2.75, 3.05) is 26.4 Å². The molecular formula is C73H130NO8P. The van der Waals surface area contributed by atoms with E-state index < -0.39 is 26.5 Å².